The number of hydrogen-bond acceptors (Lipinski definition) is 7. The van der Waals surface area contributed by atoms with E-state index in [4.69, 9.17) is 4.74 Å². The zero-order valence-electron chi connectivity index (χ0n) is 24.7. The number of hydrogen-bond donors (Lipinski definition) is 3. The van der Waals surface area contributed by atoms with Gasteiger partial charge in [-0.2, -0.15) is 0 Å². The van der Waals surface area contributed by atoms with Crippen molar-refractivity contribution in [2.45, 2.75) is 11.8 Å². The van der Waals surface area contributed by atoms with Crippen LogP contribution in [0.3, 0.4) is 0 Å². The third-order valence-corrected chi connectivity index (χ3v) is 8.17. The van der Waals surface area contributed by atoms with Gasteiger partial charge in [0.25, 0.3) is 11.8 Å². The summed E-state index contributed by atoms with van der Waals surface area (Å²) in [7, 11) is 0. The number of anilines is 2. The highest BCUT2D eigenvalue weighted by Gasteiger charge is 2.16. The Morgan fingerprint density at radius 2 is 1.61 bits per heavy atom. The van der Waals surface area contributed by atoms with Crippen LogP contribution in [0.25, 0.3) is 17.3 Å². The molecule has 0 bridgehead atoms. The van der Waals surface area contributed by atoms with E-state index in [-0.39, 0.29) is 23.2 Å². The van der Waals surface area contributed by atoms with Crippen molar-refractivity contribution in [2.24, 2.45) is 0 Å². The molecule has 0 radical (unpaired) electrons. The average Bonchev–Trinajstić information content (AvgIpc) is 3.54. The molecule has 5 aromatic rings. The van der Waals surface area contributed by atoms with Crippen molar-refractivity contribution in [1.82, 2.24) is 10.3 Å². The van der Waals surface area contributed by atoms with Crippen molar-refractivity contribution < 1.29 is 23.5 Å². The normalized spacial score (nSPS) is 11.0. The monoisotopic (exact) mass is 652 g/mol. The number of thioether (sulfide) groups is 1. The molecule has 8 nitrogen and oxygen atoms in total. The van der Waals surface area contributed by atoms with E-state index >= 15 is 0 Å². The standard InChI is InChI=1S/C35H29FN4O4S2/c1-2-44-28-16-8-23(9-17-28)20-30(38-33(42)25-6-4-3-5-7-25)34(43)37-27-14-18-29(19-15-27)45-22-32(41)40-35-39-31(21-46-35)24-10-12-26(36)13-11-24/h3-21H,2,22H2,1H3,(H,37,43)(H,38,42)(H,39,40,41)/b30-20-. The van der Waals surface area contributed by atoms with Gasteiger partial charge in [0, 0.05) is 27.1 Å². The number of ether oxygens (including phenoxy) is 1. The molecule has 1 heterocycles. The summed E-state index contributed by atoms with van der Waals surface area (Å²) >= 11 is 2.62. The van der Waals surface area contributed by atoms with Crippen molar-refractivity contribution in [3.63, 3.8) is 0 Å². The molecule has 0 atom stereocenters. The Bertz CT molecular complexity index is 1830. The second kappa shape index (κ2) is 15.6. The minimum atomic E-state index is -0.499. The molecular weight excluding hydrogens is 624 g/mol. The van der Waals surface area contributed by atoms with Crippen molar-refractivity contribution in [3.05, 3.63) is 131 Å². The molecule has 1 aromatic heterocycles. The molecule has 3 amide bonds. The molecular formula is C35H29FN4O4S2. The van der Waals surface area contributed by atoms with Crippen molar-refractivity contribution in [2.75, 3.05) is 23.0 Å². The van der Waals surface area contributed by atoms with Crippen molar-refractivity contribution >= 4 is 57.7 Å². The fourth-order valence-corrected chi connectivity index (χ4v) is 5.59. The Morgan fingerprint density at radius 3 is 2.30 bits per heavy atom. The maximum atomic E-state index is 13.3. The molecule has 4 aromatic carbocycles. The van der Waals surface area contributed by atoms with E-state index in [0.717, 1.165) is 10.5 Å². The lowest BCUT2D eigenvalue weighted by molar-refractivity contribution is -0.114. The number of halogens is 1. The van der Waals surface area contributed by atoms with Gasteiger partial charge in [0.2, 0.25) is 5.91 Å². The first-order chi connectivity index (χ1) is 22.4. The summed E-state index contributed by atoms with van der Waals surface area (Å²) in [6, 6.07) is 28.9. The van der Waals surface area contributed by atoms with Gasteiger partial charge < -0.3 is 20.7 Å². The van der Waals surface area contributed by atoms with E-state index in [0.29, 0.717) is 40.0 Å². The largest absolute Gasteiger partial charge is 0.494 e. The van der Waals surface area contributed by atoms with Crippen molar-refractivity contribution in [3.8, 4) is 17.0 Å². The third-order valence-electron chi connectivity index (χ3n) is 6.40. The van der Waals surface area contributed by atoms with Crippen LogP contribution in [0, 0.1) is 5.82 Å². The Labute approximate surface area is 273 Å². The van der Waals surface area contributed by atoms with Gasteiger partial charge in [-0.25, -0.2) is 9.37 Å². The molecule has 5 rings (SSSR count). The highest BCUT2D eigenvalue weighted by molar-refractivity contribution is 8.00. The summed E-state index contributed by atoms with van der Waals surface area (Å²) in [5.74, 6) is -0.607. The van der Waals surface area contributed by atoms with E-state index in [1.807, 2.05) is 13.0 Å². The summed E-state index contributed by atoms with van der Waals surface area (Å²) in [4.78, 5) is 44.0. The minimum Gasteiger partial charge on any atom is -0.494 e. The molecule has 0 fully saturated rings. The third kappa shape index (κ3) is 9.13. The lowest BCUT2D eigenvalue weighted by Gasteiger charge is -2.12. The Morgan fingerprint density at radius 1 is 0.891 bits per heavy atom. The number of nitrogens with zero attached hydrogens (tertiary/aromatic N) is 1. The second-order valence-electron chi connectivity index (χ2n) is 9.74. The van der Waals surface area contributed by atoms with E-state index in [2.05, 4.69) is 20.9 Å². The Kier molecular flexibility index (Phi) is 10.9. The maximum absolute atomic E-state index is 13.3. The molecule has 3 N–H and O–H groups in total. The van der Waals surface area contributed by atoms with Crippen LogP contribution in [0.1, 0.15) is 22.8 Å². The Balaban J connectivity index is 1.19. The molecule has 0 spiro atoms. The van der Waals surface area contributed by atoms with E-state index in [1.165, 1.54) is 35.2 Å². The molecule has 0 saturated carbocycles. The summed E-state index contributed by atoms with van der Waals surface area (Å²) in [5, 5.41) is 10.6. The fraction of sp³-hybridized carbons (Fsp3) is 0.0857. The molecule has 11 heteroatoms. The van der Waals surface area contributed by atoms with Crippen LogP contribution >= 0.6 is 23.1 Å². The van der Waals surface area contributed by atoms with E-state index < -0.39 is 11.8 Å². The second-order valence-corrected chi connectivity index (χ2v) is 11.6. The number of benzene rings is 4. The number of rotatable bonds is 12. The number of amides is 3. The predicted molar refractivity (Wildman–Crippen MR) is 181 cm³/mol. The number of nitrogens with one attached hydrogen (secondary N) is 3. The van der Waals surface area contributed by atoms with Gasteiger partial charge in [-0.05, 0) is 91.4 Å². The number of carbonyl (C=O) groups excluding carboxylic acids is 3. The zero-order chi connectivity index (χ0) is 32.3. The number of thiazole rings is 1. The SMILES string of the molecule is CCOc1ccc(/C=C(\NC(=O)c2ccccc2)C(=O)Nc2ccc(SCC(=O)Nc3nc(-c4ccc(F)cc4)cs3)cc2)cc1. The zero-order valence-corrected chi connectivity index (χ0v) is 26.3. The molecule has 0 aliphatic carbocycles. The molecule has 0 unspecified atom stereocenters. The predicted octanol–water partition coefficient (Wildman–Crippen LogP) is 7.49. The lowest BCUT2D eigenvalue weighted by atomic mass is 10.1. The molecule has 232 valence electrons. The summed E-state index contributed by atoms with van der Waals surface area (Å²) in [6.45, 7) is 2.43. The highest BCUT2D eigenvalue weighted by atomic mass is 32.2. The van der Waals surface area contributed by atoms with Crippen LogP contribution in [0.15, 0.2) is 119 Å². The maximum Gasteiger partial charge on any atom is 0.272 e. The van der Waals surface area contributed by atoms with E-state index in [9.17, 15) is 18.8 Å². The Hall–Kier alpha value is -5.26. The first-order valence-corrected chi connectivity index (χ1v) is 16.1. The topological polar surface area (TPSA) is 109 Å². The average molecular weight is 653 g/mol. The van der Waals surface area contributed by atoms with Gasteiger partial charge in [0.15, 0.2) is 5.13 Å². The van der Waals surface area contributed by atoms with Crippen LogP contribution in [-0.2, 0) is 9.59 Å². The van der Waals surface area contributed by atoms with Gasteiger partial charge in [-0.15, -0.1) is 23.1 Å². The fourth-order valence-electron chi connectivity index (χ4n) is 4.16. The van der Waals surface area contributed by atoms with Gasteiger partial charge in [0.05, 0.1) is 18.1 Å². The summed E-state index contributed by atoms with van der Waals surface area (Å²) < 4.78 is 18.7. The lowest BCUT2D eigenvalue weighted by Crippen LogP contribution is -2.30. The van der Waals surface area contributed by atoms with Gasteiger partial charge in [-0.1, -0.05) is 30.3 Å². The number of carbonyl (C=O) groups is 3. The highest BCUT2D eigenvalue weighted by Crippen LogP contribution is 2.26. The minimum absolute atomic E-state index is 0.0675. The molecule has 0 aliphatic heterocycles. The van der Waals surface area contributed by atoms with E-state index in [1.54, 1.807) is 96.4 Å². The van der Waals surface area contributed by atoms with Crippen LogP contribution in [-0.4, -0.2) is 35.1 Å². The van der Waals surface area contributed by atoms with Crippen LogP contribution in [0.4, 0.5) is 15.2 Å². The summed E-state index contributed by atoms with van der Waals surface area (Å²) in [5.41, 5.74) is 3.12. The smallest absolute Gasteiger partial charge is 0.272 e. The van der Waals surface area contributed by atoms with Crippen molar-refractivity contribution in [1.29, 1.82) is 0 Å². The van der Waals surface area contributed by atoms with Crippen LogP contribution < -0.4 is 20.7 Å². The molecule has 46 heavy (non-hydrogen) atoms. The van der Waals surface area contributed by atoms with Gasteiger partial charge in [-0.3, -0.25) is 14.4 Å². The van der Waals surface area contributed by atoms with Crippen LogP contribution in [0.2, 0.25) is 0 Å². The molecule has 0 aliphatic rings. The first-order valence-electron chi connectivity index (χ1n) is 14.2. The van der Waals surface area contributed by atoms with Gasteiger partial charge in [0.1, 0.15) is 17.3 Å². The summed E-state index contributed by atoms with van der Waals surface area (Å²) in [6.07, 6.45) is 1.60. The number of aromatic nitrogens is 1. The molecule has 0 saturated heterocycles. The van der Waals surface area contributed by atoms with Gasteiger partial charge >= 0.3 is 0 Å². The quantitative estimate of drug-likeness (QED) is 0.0952. The van der Waals surface area contributed by atoms with Crippen LogP contribution in [0.5, 0.6) is 5.75 Å². The first kappa shape index (κ1) is 32.1.